The molecule has 0 unspecified atom stereocenters. The third kappa shape index (κ3) is 1.88. The van der Waals surface area contributed by atoms with Gasteiger partial charge in [0.25, 0.3) is 0 Å². The van der Waals surface area contributed by atoms with Crippen molar-refractivity contribution in [1.82, 2.24) is 0 Å². The Hall–Kier alpha value is -0.120. The van der Waals surface area contributed by atoms with Crippen LogP contribution in [0.4, 0.5) is 0 Å². The Balaban J connectivity index is 3.11. The van der Waals surface area contributed by atoms with Crippen molar-refractivity contribution in [2.45, 2.75) is 0 Å². The molecule has 0 atom stereocenters. The maximum atomic E-state index is 7.61. The topological polar surface area (TPSA) is 22.3 Å². The molecule has 0 aromatic rings. The smallest absolute Gasteiger partial charge is 0.0165 e. The lowest BCUT2D eigenvalue weighted by Gasteiger charge is -1.53. The van der Waals surface area contributed by atoms with E-state index in [0.717, 1.165) is 8.20 Å². The highest BCUT2D eigenvalue weighted by atomic mass is 31.1. The minimum absolute atomic E-state index is 0.804. The van der Waals surface area contributed by atoms with E-state index in [1.54, 1.807) is 6.66 Å². The molecule has 0 saturated carbocycles. The molecule has 1 nitrogen and oxygen atoms in total. The molecule has 4 heavy (non-hydrogen) atoms. The lowest BCUT2D eigenvalue weighted by Crippen LogP contribution is -1.15. The molecule has 0 N–H and O–H groups in total. The summed E-state index contributed by atoms with van der Waals surface area (Å²) < 4.78 is 0. The van der Waals surface area contributed by atoms with Crippen molar-refractivity contribution >= 4 is 13.8 Å². The van der Waals surface area contributed by atoms with E-state index in [1.165, 1.54) is 0 Å². The number of nitrogens with zero attached hydrogens (tertiary/aromatic N) is 1. The predicted molar refractivity (Wildman–Crippen MR) is 21.2 cm³/mol. The van der Waals surface area contributed by atoms with Gasteiger partial charge in [-0.15, -0.1) is 0 Å². The first-order chi connectivity index (χ1) is 1.91. The highest BCUT2D eigenvalue weighted by Gasteiger charge is 1.18. The summed E-state index contributed by atoms with van der Waals surface area (Å²) >= 11 is 0. The zero-order valence-corrected chi connectivity index (χ0v) is 3.29. The molecule has 0 aromatic carbocycles. The second kappa shape index (κ2) is 2.88. The molecule has 0 rings (SSSR count). The molecule has 0 bridgehead atoms. The van der Waals surface area contributed by atoms with Crippen molar-refractivity contribution in [3.8, 4) is 0 Å². The molecule has 2 heteroatoms. The van der Waals surface area contributed by atoms with Crippen LogP contribution in [0.1, 0.15) is 0 Å². The summed E-state index contributed by atoms with van der Waals surface area (Å²) in [4.78, 5) is 0. The molecular formula is C2H3NP-. The van der Waals surface area contributed by atoms with E-state index in [1.807, 2.05) is 5.59 Å². The van der Waals surface area contributed by atoms with Gasteiger partial charge in [-0.05, 0) is 6.66 Å². The lowest BCUT2D eigenvalue weighted by molar-refractivity contribution is 2.51. The van der Waals surface area contributed by atoms with Crippen molar-refractivity contribution in [3.05, 3.63) is 5.41 Å². The van der Waals surface area contributed by atoms with E-state index in [9.17, 15) is 0 Å². The molecular weight excluding hydrogens is 69.0 g/mol. The lowest BCUT2D eigenvalue weighted by atomic mass is 11.8. The first-order valence-corrected chi connectivity index (χ1v) is 2.24. The van der Waals surface area contributed by atoms with E-state index in [4.69, 9.17) is 5.41 Å². The average Bonchev–Trinajstić information content (AvgIpc) is 1.37. The number of hydrogen-bond acceptors (Lipinski definition) is 0. The molecule has 0 heterocycles. The summed E-state index contributed by atoms with van der Waals surface area (Å²) in [5, 5.41) is 7.61. The van der Waals surface area contributed by atoms with Crippen LogP contribution in [0, 0.1) is 0 Å². The molecule has 0 spiro atoms. The zero-order chi connectivity index (χ0) is 3.41. The third-order valence-electron chi connectivity index (χ3n) is 0.100. The van der Waals surface area contributed by atoms with E-state index in [2.05, 4.69) is 0 Å². The normalized spacial score (nSPS) is 6.25. The first kappa shape index (κ1) is 3.88. The fourth-order valence-electron chi connectivity index (χ4n) is 0. The molecule has 0 aliphatic heterocycles. The van der Waals surface area contributed by atoms with Crippen molar-refractivity contribution < 1.29 is 0 Å². The number of hydrogen-bond donors (Lipinski definition) is 0. The highest BCUT2D eigenvalue weighted by molar-refractivity contribution is 7.36. The SMILES string of the molecule is CP=C=[N-]. The summed E-state index contributed by atoms with van der Waals surface area (Å²) in [5.41, 5.74) is 1.90. The Morgan fingerprint density at radius 3 is 2.25 bits per heavy atom. The highest BCUT2D eigenvalue weighted by Crippen LogP contribution is 1.70. The van der Waals surface area contributed by atoms with Crippen molar-refractivity contribution in [1.29, 1.82) is 0 Å². The van der Waals surface area contributed by atoms with Gasteiger partial charge in [0, 0.05) is 0 Å². The van der Waals surface area contributed by atoms with Crippen LogP contribution in [0.3, 0.4) is 0 Å². The summed E-state index contributed by atoms with van der Waals surface area (Å²) in [7, 11) is 0.804. The van der Waals surface area contributed by atoms with Crippen molar-refractivity contribution in [2.24, 2.45) is 0 Å². The molecule has 0 aliphatic rings. The minimum Gasteiger partial charge on any atom is -0.759 e. The Morgan fingerprint density at radius 1 is 2.00 bits per heavy atom. The molecule has 22 valence electrons. The van der Waals surface area contributed by atoms with Gasteiger partial charge in [0.05, 0.1) is 0 Å². The number of rotatable bonds is 0. The quantitative estimate of drug-likeness (QED) is 0.301. The Labute approximate surface area is 27.0 Å². The van der Waals surface area contributed by atoms with Crippen LogP contribution >= 0.6 is 8.20 Å². The maximum Gasteiger partial charge on any atom is -0.0165 e. The second-order valence-electron chi connectivity index (χ2n) is 0.324. The van der Waals surface area contributed by atoms with Crippen molar-refractivity contribution in [2.75, 3.05) is 6.66 Å². The second-order valence-corrected chi connectivity index (χ2v) is 0.971. The monoisotopic (exact) mass is 72.0 g/mol. The van der Waals surface area contributed by atoms with E-state index >= 15 is 0 Å². The molecule has 0 fully saturated rings. The molecule has 0 aliphatic carbocycles. The van der Waals surface area contributed by atoms with Gasteiger partial charge >= 0.3 is 0 Å². The van der Waals surface area contributed by atoms with Crippen LogP contribution in [0.15, 0.2) is 0 Å². The minimum atomic E-state index is 0.804. The van der Waals surface area contributed by atoms with Gasteiger partial charge < -0.3 is 5.41 Å². The molecule has 0 amide bonds. The Bertz CT molecular complexity index is 44.0. The summed E-state index contributed by atoms with van der Waals surface area (Å²) in [5.74, 6) is 0. The van der Waals surface area contributed by atoms with Crippen LogP contribution in [0.2, 0.25) is 0 Å². The fourth-order valence-corrected chi connectivity index (χ4v) is 0. The van der Waals surface area contributed by atoms with Gasteiger partial charge in [-0.25, -0.2) is 5.59 Å². The van der Waals surface area contributed by atoms with Crippen LogP contribution in [-0.4, -0.2) is 12.3 Å². The van der Waals surface area contributed by atoms with E-state index in [-0.39, 0.29) is 0 Å². The van der Waals surface area contributed by atoms with Gasteiger partial charge in [0.2, 0.25) is 0 Å². The van der Waals surface area contributed by atoms with E-state index < -0.39 is 0 Å². The Kier molecular flexibility index (Phi) is 2.79. The van der Waals surface area contributed by atoms with Crippen LogP contribution < -0.4 is 0 Å². The fraction of sp³-hybridized carbons (Fsp3) is 0.500. The third-order valence-corrected chi connectivity index (χ3v) is 0.300. The first-order valence-electron chi connectivity index (χ1n) is 0.894. The van der Waals surface area contributed by atoms with Gasteiger partial charge in [-0.3, -0.25) is 0 Å². The van der Waals surface area contributed by atoms with Gasteiger partial charge in [-0.2, -0.15) is 0 Å². The van der Waals surface area contributed by atoms with Crippen molar-refractivity contribution in [3.63, 3.8) is 0 Å². The maximum absolute atomic E-state index is 7.61. The van der Waals surface area contributed by atoms with Gasteiger partial charge in [0.1, 0.15) is 0 Å². The van der Waals surface area contributed by atoms with E-state index in [0.29, 0.717) is 0 Å². The van der Waals surface area contributed by atoms with Gasteiger partial charge in [0.15, 0.2) is 0 Å². The molecule has 0 aromatic heterocycles. The summed E-state index contributed by atoms with van der Waals surface area (Å²) in [6, 6.07) is 0. The van der Waals surface area contributed by atoms with Crippen LogP contribution in [0.25, 0.3) is 5.41 Å². The van der Waals surface area contributed by atoms with Crippen LogP contribution in [-0.2, 0) is 0 Å². The largest absolute Gasteiger partial charge is 0.759 e. The molecule has 0 saturated heterocycles. The summed E-state index contributed by atoms with van der Waals surface area (Å²) in [6.07, 6.45) is 0. The summed E-state index contributed by atoms with van der Waals surface area (Å²) in [6.45, 7) is 1.79. The Morgan fingerprint density at radius 2 is 2.25 bits per heavy atom. The molecule has 0 radical (unpaired) electrons. The standard InChI is InChI=1S/C2H3NP/c1-4-2-3/h1H3/q-1. The van der Waals surface area contributed by atoms with Gasteiger partial charge in [-0.1, -0.05) is 8.20 Å². The van der Waals surface area contributed by atoms with Crippen LogP contribution in [0.5, 0.6) is 0 Å². The predicted octanol–water partition coefficient (Wildman–Crippen LogP) is 1.04. The average molecular weight is 72.0 g/mol. The zero-order valence-electron chi connectivity index (χ0n) is 2.39.